The molecule has 0 aliphatic carbocycles. The molecule has 1 unspecified atom stereocenters. The van der Waals surface area contributed by atoms with Gasteiger partial charge in [0, 0.05) is 12.6 Å². The van der Waals surface area contributed by atoms with Gasteiger partial charge in [-0.15, -0.1) is 12.4 Å². The minimum absolute atomic E-state index is 0. The van der Waals surface area contributed by atoms with E-state index in [1.54, 1.807) is 6.92 Å². The Morgan fingerprint density at radius 1 is 1.47 bits per heavy atom. The lowest BCUT2D eigenvalue weighted by molar-refractivity contribution is 0.551. The van der Waals surface area contributed by atoms with Crippen LogP contribution in [0.3, 0.4) is 0 Å². The van der Waals surface area contributed by atoms with Crippen molar-refractivity contribution in [2.45, 2.75) is 30.7 Å². The summed E-state index contributed by atoms with van der Waals surface area (Å²) >= 11 is 0. The minimum atomic E-state index is -3.54. The lowest BCUT2D eigenvalue weighted by Crippen LogP contribution is -2.37. The van der Waals surface area contributed by atoms with Crippen LogP contribution in [-0.4, -0.2) is 27.5 Å². The van der Waals surface area contributed by atoms with Crippen LogP contribution < -0.4 is 10.0 Å². The maximum atomic E-state index is 13.1. The fourth-order valence-electron chi connectivity index (χ4n) is 2.01. The van der Waals surface area contributed by atoms with E-state index in [2.05, 4.69) is 10.0 Å². The molecule has 0 radical (unpaired) electrons. The van der Waals surface area contributed by atoms with E-state index in [0.717, 1.165) is 19.4 Å². The van der Waals surface area contributed by atoms with Gasteiger partial charge in [-0.3, -0.25) is 0 Å². The highest BCUT2D eigenvalue weighted by atomic mass is 35.5. The van der Waals surface area contributed by atoms with Crippen LogP contribution in [0.15, 0.2) is 23.1 Å². The Labute approximate surface area is 119 Å². The van der Waals surface area contributed by atoms with Gasteiger partial charge in [0.25, 0.3) is 0 Å². The van der Waals surface area contributed by atoms with Crippen molar-refractivity contribution in [1.29, 1.82) is 0 Å². The molecule has 7 heteroatoms. The Kier molecular flexibility index (Phi) is 5.73. The molecule has 0 aromatic heterocycles. The Balaban J connectivity index is 0.00000180. The van der Waals surface area contributed by atoms with Crippen LogP contribution in [0, 0.1) is 12.7 Å². The van der Waals surface area contributed by atoms with E-state index in [-0.39, 0.29) is 23.3 Å². The van der Waals surface area contributed by atoms with Gasteiger partial charge in [-0.2, -0.15) is 0 Å². The van der Waals surface area contributed by atoms with Crippen molar-refractivity contribution in [3.05, 3.63) is 29.6 Å². The van der Waals surface area contributed by atoms with Gasteiger partial charge in [0.1, 0.15) is 5.82 Å². The average Bonchev–Trinajstić information content (AvgIpc) is 2.83. The third-order valence-electron chi connectivity index (χ3n) is 3.12. The monoisotopic (exact) mass is 308 g/mol. The zero-order chi connectivity index (χ0) is 13.2. The first-order valence-corrected chi connectivity index (χ1v) is 7.46. The molecule has 0 spiro atoms. The van der Waals surface area contributed by atoms with Crippen LogP contribution in [0.1, 0.15) is 18.4 Å². The fraction of sp³-hybridized carbons (Fsp3) is 0.500. The Morgan fingerprint density at radius 2 is 2.21 bits per heavy atom. The van der Waals surface area contributed by atoms with Crippen LogP contribution >= 0.6 is 12.4 Å². The molecule has 1 aliphatic heterocycles. The first-order chi connectivity index (χ1) is 8.49. The highest BCUT2D eigenvalue weighted by Gasteiger charge is 2.19. The molecule has 108 valence electrons. The highest BCUT2D eigenvalue weighted by Crippen LogP contribution is 2.14. The van der Waals surface area contributed by atoms with Gasteiger partial charge in [0.15, 0.2) is 0 Å². The molecule has 4 nitrogen and oxygen atoms in total. The fourth-order valence-corrected chi connectivity index (χ4v) is 3.18. The number of halogens is 2. The molecule has 0 amide bonds. The summed E-state index contributed by atoms with van der Waals surface area (Å²) in [5.41, 5.74) is 0.330. The van der Waals surface area contributed by atoms with E-state index in [9.17, 15) is 12.8 Å². The van der Waals surface area contributed by atoms with Crippen molar-refractivity contribution in [2.75, 3.05) is 13.1 Å². The predicted octanol–water partition coefficient (Wildman–Crippen LogP) is 1.59. The molecule has 1 saturated heterocycles. The number of nitrogens with one attached hydrogen (secondary N) is 2. The molecular weight excluding hydrogens is 291 g/mol. The van der Waals surface area contributed by atoms with Gasteiger partial charge in [-0.05, 0) is 50.1 Å². The van der Waals surface area contributed by atoms with E-state index in [4.69, 9.17) is 0 Å². The quantitative estimate of drug-likeness (QED) is 0.888. The summed E-state index contributed by atoms with van der Waals surface area (Å²) in [7, 11) is -3.54. The number of rotatable bonds is 4. The lowest BCUT2D eigenvalue weighted by atomic mass is 10.2. The maximum absolute atomic E-state index is 13.1. The highest BCUT2D eigenvalue weighted by molar-refractivity contribution is 7.89. The van der Waals surface area contributed by atoms with Crippen LogP contribution in [0.5, 0.6) is 0 Å². The summed E-state index contributed by atoms with van der Waals surface area (Å²) in [5.74, 6) is -0.397. The molecule has 1 atom stereocenters. The molecule has 2 rings (SSSR count). The summed E-state index contributed by atoms with van der Waals surface area (Å²) in [5, 5.41) is 3.21. The third kappa shape index (κ3) is 4.14. The van der Waals surface area contributed by atoms with Gasteiger partial charge in [0.05, 0.1) is 4.90 Å². The number of benzene rings is 1. The molecule has 1 aromatic rings. The summed E-state index contributed by atoms with van der Waals surface area (Å²) < 4.78 is 39.6. The van der Waals surface area contributed by atoms with Gasteiger partial charge in [-0.25, -0.2) is 17.5 Å². The van der Waals surface area contributed by atoms with E-state index < -0.39 is 15.8 Å². The average molecular weight is 309 g/mol. The van der Waals surface area contributed by atoms with Crippen LogP contribution in [0.4, 0.5) is 4.39 Å². The third-order valence-corrected chi connectivity index (χ3v) is 4.54. The van der Waals surface area contributed by atoms with Crippen LogP contribution in [-0.2, 0) is 10.0 Å². The topological polar surface area (TPSA) is 58.2 Å². The second-order valence-electron chi connectivity index (χ2n) is 4.56. The second kappa shape index (κ2) is 6.65. The molecule has 1 aromatic carbocycles. The van der Waals surface area contributed by atoms with Gasteiger partial charge in [0.2, 0.25) is 10.0 Å². The van der Waals surface area contributed by atoms with Crippen LogP contribution in [0.25, 0.3) is 0 Å². The largest absolute Gasteiger partial charge is 0.313 e. The molecule has 0 bridgehead atoms. The van der Waals surface area contributed by atoms with Crippen molar-refractivity contribution in [3.63, 3.8) is 0 Å². The Bertz CT molecular complexity index is 531. The van der Waals surface area contributed by atoms with E-state index >= 15 is 0 Å². The molecule has 1 aliphatic rings. The van der Waals surface area contributed by atoms with E-state index in [1.165, 1.54) is 18.2 Å². The van der Waals surface area contributed by atoms with Crippen molar-refractivity contribution < 1.29 is 12.8 Å². The molecule has 2 N–H and O–H groups in total. The summed E-state index contributed by atoms with van der Waals surface area (Å²) in [6.07, 6.45) is 2.05. The predicted molar refractivity (Wildman–Crippen MR) is 74.6 cm³/mol. The molecule has 1 heterocycles. The lowest BCUT2D eigenvalue weighted by Gasteiger charge is -2.12. The first-order valence-electron chi connectivity index (χ1n) is 5.98. The number of aryl methyl sites for hydroxylation is 1. The maximum Gasteiger partial charge on any atom is 0.240 e. The standard InChI is InChI=1S/C12H17FN2O2S.ClH/c1-9-7-11(4-5-12(9)13)18(16,17)15-8-10-3-2-6-14-10;/h4-5,7,10,14-15H,2-3,6,8H2,1H3;1H. The normalized spacial score (nSPS) is 19.2. The number of hydrogen-bond acceptors (Lipinski definition) is 3. The zero-order valence-electron chi connectivity index (χ0n) is 10.6. The Morgan fingerprint density at radius 3 is 2.79 bits per heavy atom. The summed E-state index contributed by atoms with van der Waals surface area (Å²) in [6.45, 7) is 2.85. The zero-order valence-corrected chi connectivity index (χ0v) is 12.3. The van der Waals surface area contributed by atoms with Crippen molar-refractivity contribution in [1.82, 2.24) is 10.0 Å². The smallest absolute Gasteiger partial charge is 0.240 e. The minimum Gasteiger partial charge on any atom is -0.313 e. The first kappa shape index (κ1) is 16.4. The second-order valence-corrected chi connectivity index (χ2v) is 6.32. The van der Waals surface area contributed by atoms with Crippen LogP contribution in [0.2, 0.25) is 0 Å². The van der Waals surface area contributed by atoms with Crippen molar-refractivity contribution in [2.24, 2.45) is 0 Å². The van der Waals surface area contributed by atoms with Crippen molar-refractivity contribution >= 4 is 22.4 Å². The molecule has 0 saturated carbocycles. The summed E-state index contributed by atoms with van der Waals surface area (Å²) in [6, 6.07) is 4.01. The van der Waals surface area contributed by atoms with E-state index in [0.29, 0.717) is 12.1 Å². The number of sulfonamides is 1. The van der Waals surface area contributed by atoms with Gasteiger partial charge < -0.3 is 5.32 Å². The van der Waals surface area contributed by atoms with E-state index in [1.807, 2.05) is 0 Å². The Hall–Kier alpha value is -0.690. The SMILES string of the molecule is Cc1cc(S(=O)(=O)NCC2CCCN2)ccc1F.Cl. The summed E-state index contributed by atoms with van der Waals surface area (Å²) in [4.78, 5) is 0.111. The molecule has 19 heavy (non-hydrogen) atoms. The number of hydrogen-bond donors (Lipinski definition) is 2. The van der Waals surface area contributed by atoms with Crippen molar-refractivity contribution in [3.8, 4) is 0 Å². The molecule has 1 fully saturated rings. The van der Waals surface area contributed by atoms with Gasteiger partial charge >= 0.3 is 0 Å². The molecular formula is C12H18ClFN2O2S. The van der Waals surface area contributed by atoms with Gasteiger partial charge in [-0.1, -0.05) is 0 Å².